The number of guanidine groups is 1. The van der Waals surface area contributed by atoms with Gasteiger partial charge in [0.05, 0.1) is 6.42 Å². The number of nitrogens with one attached hydrogen (secondary N) is 3. The molecule has 0 aliphatic rings. The molecular formula is C18H29FN4O. The van der Waals surface area contributed by atoms with E-state index in [0.717, 1.165) is 31.0 Å². The summed E-state index contributed by atoms with van der Waals surface area (Å²) in [7, 11) is 0. The number of rotatable bonds is 9. The van der Waals surface area contributed by atoms with E-state index < -0.39 is 0 Å². The maximum atomic E-state index is 12.8. The van der Waals surface area contributed by atoms with E-state index in [1.807, 2.05) is 6.92 Å². The van der Waals surface area contributed by atoms with E-state index >= 15 is 0 Å². The van der Waals surface area contributed by atoms with Crippen molar-refractivity contribution < 1.29 is 9.18 Å². The van der Waals surface area contributed by atoms with Gasteiger partial charge in [-0.05, 0) is 37.0 Å². The highest BCUT2D eigenvalue weighted by atomic mass is 19.1. The molecule has 0 aliphatic carbocycles. The Balaban J connectivity index is 2.26. The first kappa shape index (κ1) is 19.9. The van der Waals surface area contributed by atoms with Crippen LogP contribution < -0.4 is 16.0 Å². The SMILES string of the molecule is CCNC(=NCCC(C)C)NCCNC(=O)Cc1ccc(F)cc1. The third-order valence-corrected chi connectivity index (χ3v) is 3.34. The highest BCUT2D eigenvalue weighted by Gasteiger charge is 2.03. The van der Waals surface area contributed by atoms with Crippen LogP contribution in [-0.4, -0.2) is 38.0 Å². The van der Waals surface area contributed by atoms with Crippen LogP contribution in [0.15, 0.2) is 29.3 Å². The zero-order valence-corrected chi connectivity index (χ0v) is 14.9. The number of halogens is 1. The molecule has 0 atom stereocenters. The first-order valence-corrected chi connectivity index (χ1v) is 8.54. The van der Waals surface area contributed by atoms with Gasteiger partial charge in [0, 0.05) is 26.2 Å². The van der Waals surface area contributed by atoms with E-state index in [-0.39, 0.29) is 18.1 Å². The zero-order chi connectivity index (χ0) is 17.8. The Kier molecular flexibility index (Phi) is 9.49. The van der Waals surface area contributed by atoms with Crippen LogP contribution in [0.4, 0.5) is 4.39 Å². The summed E-state index contributed by atoms with van der Waals surface area (Å²) in [6.07, 6.45) is 1.30. The quantitative estimate of drug-likeness (QED) is 0.367. The predicted molar refractivity (Wildman–Crippen MR) is 96.6 cm³/mol. The molecule has 0 heterocycles. The molecule has 0 aromatic heterocycles. The molecule has 1 aromatic carbocycles. The van der Waals surface area contributed by atoms with Crippen molar-refractivity contribution in [3.05, 3.63) is 35.6 Å². The lowest BCUT2D eigenvalue weighted by atomic mass is 10.1. The van der Waals surface area contributed by atoms with Crippen LogP contribution in [0.3, 0.4) is 0 Å². The van der Waals surface area contributed by atoms with Crippen LogP contribution >= 0.6 is 0 Å². The van der Waals surface area contributed by atoms with E-state index in [9.17, 15) is 9.18 Å². The Morgan fingerprint density at radius 1 is 1.12 bits per heavy atom. The smallest absolute Gasteiger partial charge is 0.224 e. The molecule has 1 amide bonds. The van der Waals surface area contributed by atoms with Crippen molar-refractivity contribution in [2.24, 2.45) is 10.9 Å². The lowest BCUT2D eigenvalue weighted by Crippen LogP contribution is -2.41. The van der Waals surface area contributed by atoms with Crippen LogP contribution in [-0.2, 0) is 11.2 Å². The van der Waals surface area contributed by atoms with Crippen molar-refractivity contribution >= 4 is 11.9 Å². The minimum absolute atomic E-state index is 0.0786. The number of hydrogen-bond donors (Lipinski definition) is 3. The van der Waals surface area contributed by atoms with Crippen molar-refractivity contribution in [3.8, 4) is 0 Å². The summed E-state index contributed by atoms with van der Waals surface area (Å²) in [5.74, 6) is 1.02. The van der Waals surface area contributed by atoms with Crippen LogP contribution in [0.1, 0.15) is 32.8 Å². The van der Waals surface area contributed by atoms with Gasteiger partial charge in [-0.3, -0.25) is 9.79 Å². The Labute approximate surface area is 144 Å². The summed E-state index contributed by atoms with van der Waals surface area (Å²) >= 11 is 0. The molecule has 0 fully saturated rings. The number of hydrogen-bond acceptors (Lipinski definition) is 2. The molecule has 3 N–H and O–H groups in total. The van der Waals surface area contributed by atoms with E-state index in [0.29, 0.717) is 19.0 Å². The van der Waals surface area contributed by atoms with Crippen molar-refractivity contribution in [2.45, 2.75) is 33.6 Å². The molecule has 0 unspecified atom stereocenters. The number of nitrogens with zero attached hydrogens (tertiary/aromatic N) is 1. The molecule has 24 heavy (non-hydrogen) atoms. The summed E-state index contributed by atoms with van der Waals surface area (Å²) in [4.78, 5) is 16.3. The summed E-state index contributed by atoms with van der Waals surface area (Å²) in [5.41, 5.74) is 0.797. The van der Waals surface area contributed by atoms with Crippen molar-refractivity contribution in [1.82, 2.24) is 16.0 Å². The van der Waals surface area contributed by atoms with Gasteiger partial charge in [-0.15, -0.1) is 0 Å². The molecule has 1 aromatic rings. The molecule has 1 rings (SSSR count). The van der Waals surface area contributed by atoms with Gasteiger partial charge in [0.15, 0.2) is 5.96 Å². The van der Waals surface area contributed by atoms with E-state index in [4.69, 9.17) is 0 Å². The summed E-state index contributed by atoms with van der Waals surface area (Å²) in [6.45, 7) is 9.05. The fraction of sp³-hybridized carbons (Fsp3) is 0.556. The standard InChI is InChI=1S/C18H29FN4O/c1-4-20-18(22-10-9-14(2)3)23-12-11-21-17(24)13-15-5-7-16(19)8-6-15/h5-8,14H,4,9-13H2,1-3H3,(H,21,24)(H2,20,22,23). The Hall–Kier alpha value is -2.11. The number of carbonyl (C=O) groups is 1. The van der Waals surface area contributed by atoms with Gasteiger partial charge in [0.2, 0.25) is 5.91 Å². The molecule has 0 spiro atoms. The van der Waals surface area contributed by atoms with Gasteiger partial charge in [0.1, 0.15) is 5.82 Å². The van der Waals surface area contributed by atoms with Gasteiger partial charge in [-0.1, -0.05) is 26.0 Å². The number of benzene rings is 1. The number of amides is 1. The molecule has 0 radical (unpaired) electrons. The van der Waals surface area contributed by atoms with Crippen molar-refractivity contribution in [2.75, 3.05) is 26.2 Å². The minimum Gasteiger partial charge on any atom is -0.357 e. The molecule has 6 heteroatoms. The lowest BCUT2D eigenvalue weighted by Gasteiger charge is -2.12. The zero-order valence-electron chi connectivity index (χ0n) is 14.9. The Bertz CT molecular complexity index is 514. The molecule has 0 saturated carbocycles. The number of aliphatic imine (C=N–C) groups is 1. The van der Waals surface area contributed by atoms with Crippen LogP contribution in [0.2, 0.25) is 0 Å². The largest absolute Gasteiger partial charge is 0.357 e. The molecule has 134 valence electrons. The normalized spacial score (nSPS) is 11.5. The maximum absolute atomic E-state index is 12.8. The monoisotopic (exact) mass is 336 g/mol. The molecule has 5 nitrogen and oxygen atoms in total. The Morgan fingerprint density at radius 3 is 2.42 bits per heavy atom. The second kappa shape index (κ2) is 11.4. The molecule has 0 saturated heterocycles. The Morgan fingerprint density at radius 2 is 1.79 bits per heavy atom. The van der Waals surface area contributed by atoms with Crippen molar-refractivity contribution in [1.29, 1.82) is 0 Å². The van der Waals surface area contributed by atoms with Gasteiger partial charge < -0.3 is 16.0 Å². The fourth-order valence-electron chi connectivity index (χ4n) is 2.01. The summed E-state index contributed by atoms with van der Waals surface area (Å²) in [5, 5.41) is 9.22. The number of carbonyl (C=O) groups excluding carboxylic acids is 1. The van der Waals surface area contributed by atoms with Gasteiger partial charge in [-0.25, -0.2) is 4.39 Å². The highest BCUT2D eigenvalue weighted by molar-refractivity contribution is 5.80. The average Bonchev–Trinajstić information content (AvgIpc) is 2.53. The van der Waals surface area contributed by atoms with Crippen LogP contribution in [0.5, 0.6) is 0 Å². The minimum atomic E-state index is -0.295. The molecule has 0 aliphatic heterocycles. The van der Waals surface area contributed by atoms with Crippen LogP contribution in [0.25, 0.3) is 0 Å². The second-order valence-electron chi connectivity index (χ2n) is 6.02. The first-order chi connectivity index (χ1) is 11.5. The average molecular weight is 336 g/mol. The van der Waals surface area contributed by atoms with Gasteiger partial charge >= 0.3 is 0 Å². The predicted octanol–water partition coefficient (Wildman–Crippen LogP) is 2.09. The van der Waals surface area contributed by atoms with E-state index in [2.05, 4.69) is 34.8 Å². The lowest BCUT2D eigenvalue weighted by molar-refractivity contribution is -0.120. The fourth-order valence-corrected chi connectivity index (χ4v) is 2.01. The molecule has 0 bridgehead atoms. The second-order valence-corrected chi connectivity index (χ2v) is 6.02. The van der Waals surface area contributed by atoms with Gasteiger partial charge in [0.25, 0.3) is 0 Å². The van der Waals surface area contributed by atoms with Crippen LogP contribution in [0, 0.1) is 11.7 Å². The topological polar surface area (TPSA) is 65.5 Å². The third-order valence-electron chi connectivity index (χ3n) is 3.34. The summed E-state index contributed by atoms with van der Waals surface area (Å²) in [6, 6.07) is 5.97. The summed E-state index contributed by atoms with van der Waals surface area (Å²) < 4.78 is 12.8. The maximum Gasteiger partial charge on any atom is 0.224 e. The van der Waals surface area contributed by atoms with Gasteiger partial charge in [-0.2, -0.15) is 0 Å². The van der Waals surface area contributed by atoms with E-state index in [1.165, 1.54) is 12.1 Å². The molecular weight excluding hydrogens is 307 g/mol. The van der Waals surface area contributed by atoms with Crippen molar-refractivity contribution in [3.63, 3.8) is 0 Å². The highest BCUT2D eigenvalue weighted by Crippen LogP contribution is 2.03. The first-order valence-electron chi connectivity index (χ1n) is 8.54. The van der Waals surface area contributed by atoms with E-state index in [1.54, 1.807) is 12.1 Å². The third kappa shape index (κ3) is 9.12.